The fourth-order valence-corrected chi connectivity index (χ4v) is 4.81. The number of rotatable bonds is 6. The molecule has 0 aromatic heterocycles. The molecule has 0 radical (unpaired) electrons. The number of carbonyl (C=O) groups excluding carboxylic acids is 1. The smallest absolute Gasteiger partial charge is 0.341 e. The minimum Gasteiger partial charge on any atom is -0.497 e. The standard InChI is InChI=1S/C30H28N2O3/c1-21-20-24(31(2)3)16-19-27(21)30(28-13-9-8-12-26(28)29(33)35-30)32(22-10-6-5-7-11-22)23-14-17-25(34-4)18-15-23/h5-20H,1-4H3. The van der Waals surface area contributed by atoms with E-state index in [1.807, 2.05) is 93.0 Å². The maximum absolute atomic E-state index is 13.3. The van der Waals surface area contributed by atoms with Crippen molar-refractivity contribution >= 4 is 23.0 Å². The molecule has 35 heavy (non-hydrogen) atoms. The molecule has 1 atom stereocenters. The largest absolute Gasteiger partial charge is 0.497 e. The number of para-hydroxylation sites is 1. The minimum absolute atomic E-state index is 0.342. The van der Waals surface area contributed by atoms with Crippen molar-refractivity contribution in [1.29, 1.82) is 0 Å². The Kier molecular flexibility index (Phi) is 5.69. The number of methoxy groups -OCH3 is 1. The van der Waals surface area contributed by atoms with E-state index < -0.39 is 5.72 Å². The Morgan fingerprint density at radius 1 is 0.743 bits per heavy atom. The second-order valence-electron chi connectivity index (χ2n) is 8.84. The molecule has 0 amide bonds. The van der Waals surface area contributed by atoms with E-state index in [4.69, 9.17) is 9.47 Å². The maximum atomic E-state index is 13.3. The van der Waals surface area contributed by atoms with E-state index in [1.165, 1.54) is 0 Å². The van der Waals surface area contributed by atoms with Crippen molar-refractivity contribution in [2.75, 3.05) is 31.0 Å². The number of carbonyl (C=O) groups is 1. The van der Waals surface area contributed by atoms with Crippen molar-refractivity contribution in [2.45, 2.75) is 12.6 Å². The number of benzene rings is 4. The molecule has 1 unspecified atom stereocenters. The third kappa shape index (κ3) is 3.69. The fourth-order valence-electron chi connectivity index (χ4n) is 4.81. The van der Waals surface area contributed by atoms with Gasteiger partial charge < -0.3 is 14.4 Å². The number of hydrogen-bond acceptors (Lipinski definition) is 5. The average molecular weight is 465 g/mol. The van der Waals surface area contributed by atoms with Crippen molar-refractivity contribution in [1.82, 2.24) is 0 Å². The molecule has 0 saturated carbocycles. The average Bonchev–Trinajstić information content (AvgIpc) is 3.18. The first kappa shape index (κ1) is 22.5. The van der Waals surface area contributed by atoms with Gasteiger partial charge in [0.05, 0.1) is 12.7 Å². The van der Waals surface area contributed by atoms with E-state index in [-0.39, 0.29) is 5.97 Å². The highest BCUT2D eigenvalue weighted by molar-refractivity contribution is 5.97. The predicted octanol–water partition coefficient (Wildman–Crippen LogP) is 6.28. The fraction of sp³-hybridized carbons (Fsp3) is 0.167. The summed E-state index contributed by atoms with van der Waals surface area (Å²) in [6.45, 7) is 2.07. The lowest BCUT2D eigenvalue weighted by atomic mass is 9.87. The summed E-state index contributed by atoms with van der Waals surface area (Å²) in [6.07, 6.45) is 0. The van der Waals surface area contributed by atoms with Crippen LogP contribution < -0.4 is 14.5 Å². The van der Waals surface area contributed by atoms with Crippen molar-refractivity contribution in [3.63, 3.8) is 0 Å². The molecule has 0 bridgehead atoms. The van der Waals surface area contributed by atoms with Gasteiger partial charge in [0, 0.05) is 42.3 Å². The molecular formula is C30H28N2O3. The highest BCUT2D eigenvalue weighted by atomic mass is 16.6. The zero-order valence-electron chi connectivity index (χ0n) is 20.4. The monoisotopic (exact) mass is 464 g/mol. The van der Waals surface area contributed by atoms with Crippen LogP contribution >= 0.6 is 0 Å². The lowest BCUT2D eigenvalue weighted by Gasteiger charge is -2.43. The Balaban J connectivity index is 1.85. The Morgan fingerprint density at radius 3 is 2.03 bits per heavy atom. The molecule has 176 valence electrons. The number of hydrogen-bond donors (Lipinski definition) is 0. The van der Waals surface area contributed by atoms with Gasteiger partial charge >= 0.3 is 5.97 Å². The molecule has 1 aliphatic heterocycles. The van der Waals surface area contributed by atoms with Gasteiger partial charge in [-0.2, -0.15) is 0 Å². The van der Waals surface area contributed by atoms with Crippen LogP contribution in [0.4, 0.5) is 17.1 Å². The van der Waals surface area contributed by atoms with E-state index in [0.29, 0.717) is 5.56 Å². The second-order valence-corrected chi connectivity index (χ2v) is 8.84. The Bertz CT molecular complexity index is 1370. The molecule has 5 heteroatoms. The van der Waals surface area contributed by atoms with Gasteiger partial charge in [0.1, 0.15) is 5.75 Å². The summed E-state index contributed by atoms with van der Waals surface area (Å²) < 4.78 is 11.9. The van der Waals surface area contributed by atoms with Crippen molar-refractivity contribution in [3.8, 4) is 5.75 Å². The molecule has 1 aliphatic rings. The molecule has 0 saturated heterocycles. The SMILES string of the molecule is COc1ccc(N(c2ccccc2)C2(c3ccc(N(C)C)cc3C)OC(=O)c3ccccc32)cc1. The first-order valence-corrected chi connectivity index (χ1v) is 11.6. The van der Waals surface area contributed by atoms with Crippen LogP contribution in [0.3, 0.4) is 0 Å². The Labute approximate surface area is 206 Å². The zero-order chi connectivity index (χ0) is 24.6. The van der Waals surface area contributed by atoms with Crippen LogP contribution in [0, 0.1) is 6.92 Å². The number of fused-ring (bicyclic) bond motifs is 1. The highest BCUT2D eigenvalue weighted by Gasteiger charge is 2.53. The molecular weight excluding hydrogens is 436 g/mol. The number of nitrogens with zero attached hydrogens (tertiary/aromatic N) is 2. The maximum Gasteiger partial charge on any atom is 0.341 e. The quantitative estimate of drug-likeness (QED) is 0.314. The minimum atomic E-state index is -1.20. The summed E-state index contributed by atoms with van der Waals surface area (Å²) in [4.78, 5) is 17.5. The second kappa shape index (κ2) is 8.84. The van der Waals surface area contributed by atoms with Gasteiger partial charge in [0.15, 0.2) is 0 Å². The van der Waals surface area contributed by atoms with Crippen molar-refractivity contribution in [2.24, 2.45) is 0 Å². The van der Waals surface area contributed by atoms with Crippen LogP contribution in [-0.4, -0.2) is 27.2 Å². The topological polar surface area (TPSA) is 42.0 Å². The number of anilines is 3. The van der Waals surface area contributed by atoms with Gasteiger partial charge in [-0.05, 0) is 67.1 Å². The number of ether oxygens (including phenoxy) is 2. The van der Waals surface area contributed by atoms with E-state index in [9.17, 15) is 4.79 Å². The Morgan fingerprint density at radius 2 is 1.37 bits per heavy atom. The van der Waals surface area contributed by atoms with E-state index in [1.54, 1.807) is 7.11 Å². The summed E-state index contributed by atoms with van der Waals surface area (Å²) in [7, 11) is 5.68. The van der Waals surface area contributed by atoms with Gasteiger partial charge in [-0.3, -0.25) is 4.90 Å². The van der Waals surface area contributed by atoms with E-state index >= 15 is 0 Å². The number of cyclic esters (lactones) is 1. The normalized spacial score (nSPS) is 16.4. The number of esters is 1. The molecule has 0 fully saturated rings. The first-order valence-electron chi connectivity index (χ1n) is 11.6. The van der Waals surface area contributed by atoms with Gasteiger partial charge in [-0.1, -0.05) is 42.5 Å². The summed E-state index contributed by atoms with van der Waals surface area (Å²) in [5.41, 5.74) is 4.96. The first-order chi connectivity index (χ1) is 17.0. The van der Waals surface area contributed by atoms with Gasteiger partial charge in [-0.15, -0.1) is 0 Å². The van der Waals surface area contributed by atoms with E-state index in [0.717, 1.165) is 39.5 Å². The molecule has 1 heterocycles. The summed E-state index contributed by atoms with van der Waals surface area (Å²) in [5, 5.41) is 0. The van der Waals surface area contributed by atoms with Crippen LogP contribution in [0.15, 0.2) is 97.1 Å². The molecule has 4 aromatic rings. The lowest BCUT2D eigenvalue weighted by Crippen LogP contribution is -2.45. The molecule has 5 rings (SSSR count). The third-order valence-corrected chi connectivity index (χ3v) is 6.50. The molecule has 0 aliphatic carbocycles. The molecule has 4 aromatic carbocycles. The molecule has 0 spiro atoms. The highest BCUT2D eigenvalue weighted by Crippen LogP contribution is 2.51. The Hall–Kier alpha value is -4.25. The summed E-state index contributed by atoms with van der Waals surface area (Å²) in [6, 6.07) is 31.8. The van der Waals surface area contributed by atoms with Crippen molar-refractivity contribution < 1.29 is 14.3 Å². The van der Waals surface area contributed by atoms with E-state index in [2.05, 4.69) is 34.9 Å². The summed E-state index contributed by atoms with van der Waals surface area (Å²) >= 11 is 0. The molecule has 0 N–H and O–H groups in total. The molecule has 5 nitrogen and oxygen atoms in total. The summed E-state index contributed by atoms with van der Waals surface area (Å²) in [5.74, 6) is 0.414. The van der Waals surface area contributed by atoms with Crippen LogP contribution in [0.5, 0.6) is 5.75 Å². The number of aryl methyl sites for hydroxylation is 1. The van der Waals surface area contributed by atoms with Crippen LogP contribution in [0.1, 0.15) is 27.0 Å². The third-order valence-electron chi connectivity index (χ3n) is 6.50. The zero-order valence-corrected chi connectivity index (χ0v) is 20.4. The van der Waals surface area contributed by atoms with Crippen molar-refractivity contribution in [3.05, 3.63) is 119 Å². The van der Waals surface area contributed by atoms with Crippen LogP contribution in [0.2, 0.25) is 0 Å². The predicted molar refractivity (Wildman–Crippen MR) is 140 cm³/mol. The van der Waals surface area contributed by atoms with Gasteiger partial charge in [0.25, 0.3) is 0 Å². The van der Waals surface area contributed by atoms with Crippen LogP contribution in [-0.2, 0) is 10.5 Å². The van der Waals surface area contributed by atoms with Gasteiger partial charge in [0.2, 0.25) is 5.72 Å². The lowest BCUT2D eigenvalue weighted by molar-refractivity contribution is 0.0132. The van der Waals surface area contributed by atoms with Gasteiger partial charge in [-0.25, -0.2) is 4.79 Å². The van der Waals surface area contributed by atoms with Crippen LogP contribution in [0.25, 0.3) is 0 Å².